The van der Waals surface area contributed by atoms with Crippen molar-refractivity contribution in [3.63, 3.8) is 0 Å². The van der Waals surface area contributed by atoms with Crippen LogP contribution >= 0.6 is 0 Å². The van der Waals surface area contributed by atoms with Gasteiger partial charge in [-0.15, -0.1) is 0 Å². The molecule has 82 valence electrons. The zero-order valence-corrected chi connectivity index (χ0v) is 8.93. The summed E-state index contributed by atoms with van der Waals surface area (Å²) in [6.45, 7) is 3.99. The molecule has 0 unspecified atom stereocenters. The standard InChI is InChI=1S/C10H16N4O/c1-13-2-4-14(5-3-13)10-9(7-15)6-11-8-12-10/h6,8,15H,2-5,7H2,1H3. The molecule has 5 heteroatoms. The Bertz CT molecular complexity index is 323. The van der Waals surface area contributed by atoms with Crippen LogP contribution in [-0.4, -0.2) is 53.2 Å². The molecule has 0 amide bonds. The summed E-state index contributed by atoms with van der Waals surface area (Å²) < 4.78 is 0. The van der Waals surface area contributed by atoms with Gasteiger partial charge in [0.15, 0.2) is 0 Å². The van der Waals surface area contributed by atoms with E-state index in [0.29, 0.717) is 0 Å². The Balaban J connectivity index is 2.15. The molecule has 1 aromatic heterocycles. The van der Waals surface area contributed by atoms with Crippen molar-refractivity contribution in [1.29, 1.82) is 0 Å². The van der Waals surface area contributed by atoms with Crippen LogP contribution in [0.15, 0.2) is 12.5 Å². The van der Waals surface area contributed by atoms with Crippen LogP contribution in [0.4, 0.5) is 5.82 Å². The number of nitrogens with zero attached hydrogens (tertiary/aromatic N) is 4. The molecule has 2 heterocycles. The molecule has 0 saturated carbocycles. The normalized spacial score (nSPS) is 18.1. The van der Waals surface area contributed by atoms with E-state index in [2.05, 4.69) is 26.8 Å². The Morgan fingerprint density at radius 1 is 1.33 bits per heavy atom. The highest BCUT2D eigenvalue weighted by Crippen LogP contribution is 2.17. The molecule has 0 bridgehead atoms. The fraction of sp³-hybridized carbons (Fsp3) is 0.600. The zero-order chi connectivity index (χ0) is 10.7. The quantitative estimate of drug-likeness (QED) is 0.724. The van der Waals surface area contributed by atoms with Crippen molar-refractivity contribution in [2.24, 2.45) is 0 Å². The van der Waals surface area contributed by atoms with Gasteiger partial charge < -0.3 is 14.9 Å². The molecule has 0 aliphatic carbocycles. The molecule has 1 N–H and O–H groups in total. The van der Waals surface area contributed by atoms with Gasteiger partial charge in [0.25, 0.3) is 0 Å². The van der Waals surface area contributed by atoms with Gasteiger partial charge >= 0.3 is 0 Å². The fourth-order valence-corrected chi connectivity index (χ4v) is 1.77. The number of hydrogen-bond acceptors (Lipinski definition) is 5. The van der Waals surface area contributed by atoms with Crippen LogP contribution in [0.5, 0.6) is 0 Å². The van der Waals surface area contributed by atoms with E-state index in [-0.39, 0.29) is 6.61 Å². The third-order valence-corrected chi connectivity index (χ3v) is 2.74. The maximum Gasteiger partial charge on any atom is 0.137 e. The number of anilines is 1. The lowest BCUT2D eigenvalue weighted by atomic mass is 10.2. The molecule has 1 fully saturated rings. The summed E-state index contributed by atoms with van der Waals surface area (Å²) in [6, 6.07) is 0. The molecule has 1 aliphatic heterocycles. The molecule has 5 nitrogen and oxygen atoms in total. The van der Waals surface area contributed by atoms with Gasteiger partial charge in [0.2, 0.25) is 0 Å². The van der Waals surface area contributed by atoms with Crippen LogP contribution < -0.4 is 4.90 Å². The van der Waals surface area contributed by atoms with Crippen LogP contribution in [0.2, 0.25) is 0 Å². The molecule has 0 radical (unpaired) electrons. The maximum atomic E-state index is 9.18. The van der Waals surface area contributed by atoms with Crippen LogP contribution in [0, 0.1) is 0 Å². The predicted molar refractivity (Wildman–Crippen MR) is 57.7 cm³/mol. The van der Waals surface area contributed by atoms with Crippen molar-refractivity contribution in [3.05, 3.63) is 18.1 Å². The lowest BCUT2D eigenvalue weighted by Gasteiger charge is -2.33. The molecular weight excluding hydrogens is 192 g/mol. The van der Waals surface area contributed by atoms with Crippen molar-refractivity contribution < 1.29 is 5.11 Å². The van der Waals surface area contributed by atoms with Gasteiger partial charge in [-0.3, -0.25) is 0 Å². The topological polar surface area (TPSA) is 52.5 Å². The lowest BCUT2D eigenvalue weighted by Crippen LogP contribution is -2.45. The SMILES string of the molecule is CN1CCN(c2ncncc2CO)CC1. The first kappa shape index (κ1) is 10.3. The summed E-state index contributed by atoms with van der Waals surface area (Å²) >= 11 is 0. The number of aliphatic hydroxyl groups excluding tert-OH is 1. The first-order chi connectivity index (χ1) is 7.31. The van der Waals surface area contributed by atoms with Crippen molar-refractivity contribution in [2.75, 3.05) is 38.1 Å². The van der Waals surface area contributed by atoms with E-state index in [1.54, 1.807) is 6.20 Å². The molecule has 0 atom stereocenters. The Kier molecular flexibility index (Phi) is 3.13. The summed E-state index contributed by atoms with van der Waals surface area (Å²) in [4.78, 5) is 12.6. The van der Waals surface area contributed by atoms with Crippen molar-refractivity contribution in [3.8, 4) is 0 Å². The fourth-order valence-electron chi connectivity index (χ4n) is 1.77. The Hall–Kier alpha value is -1.20. The van der Waals surface area contributed by atoms with Gasteiger partial charge in [-0.2, -0.15) is 0 Å². The number of likely N-dealkylation sites (N-methyl/N-ethyl adjacent to an activating group) is 1. The molecule has 2 rings (SSSR count). The lowest BCUT2D eigenvalue weighted by molar-refractivity contribution is 0.279. The summed E-state index contributed by atoms with van der Waals surface area (Å²) in [5.41, 5.74) is 0.807. The second-order valence-corrected chi connectivity index (χ2v) is 3.82. The summed E-state index contributed by atoms with van der Waals surface area (Å²) in [6.07, 6.45) is 3.22. The van der Waals surface area contributed by atoms with E-state index >= 15 is 0 Å². The number of rotatable bonds is 2. The predicted octanol–water partition coefficient (Wildman–Crippen LogP) is -0.279. The summed E-state index contributed by atoms with van der Waals surface area (Å²) in [5.74, 6) is 0.876. The number of hydrogen-bond donors (Lipinski definition) is 1. The summed E-state index contributed by atoms with van der Waals surface area (Å²) in [5, 5.41) is 9.18. The highest BCUT2D eigenvalue weighted by Gasteiger charge is 2.17. The third-order valence-electron chi connectivity index (χ3n) is 2.74. The molecule has 0 spiro atoms. The van der Waals surface area contributed by atoms with Crippen molar-refractivity contribution in [1.82, 2.24) is 14.9 Å². The minimum Gasteiger partial charge on any atom is -0.391 e. The van der Waals surface area contributed by atoms with E-state index in [1.807, 2.05) is 0 Å². The molecule has 15 heavy (non-hydrogen) atoms. The minimum absolute atomic E-state index is 0.00249. The van der Waals surface area contributed by atoms with Gasteiger partial charge in [-0.1, -0.05) is 0 Å². The average molecular weight is 208 g/mol. The zero-order valence-electron chi connectivity index (χ0n) is 8.93. The average Bonchev–Trinajstić information content (AvgIpc) is 2.30. The van der Waals surface area contributed by atoms with Crippen LogP contribution in [0.3, 0.4) is 0 Å². The van der Waals surface area contributed by atoms with E-state index in [9.17, 15) is 5.11 Å². The number of piperazine rings is 1. The van der Waals surface area contributed by atoms with Gasteiger partial charge in [-0.25, -0.2) is 9.97 Å². The molecular formula is C10H16N4O. The number of aliphatic hydroxyl groups is 1. The molecule has 1 aliphatic rings. The first-order valence-corrected chi connectivity index (χ1v) is 5.14. The third kappa shape index (κ3) is 2.24. The van der Waals surface area contributed by atoms with Gasteiger partial charge in [0.05, 0.1) is 6.61 Å². The second-order valence-electron chi connectivity index (χ2n) is 3.82. The Labute approximate surface area is 89.4 Å². The van der Waals surface area contributed by atoms with E-state index in [4.69, 9.17) is 0 Å². The van der Waals surface area contributed by atoms with Crippen LogP contribution in [-0.2, 0) is 6.61 Å². The first-order valence-electron chi connectivity index (χ1n) is 5.14. The van der Waals surface area contributed by atoms with Crippen molar-refractivity contribution in [2.45, 2.75) is 6.61 Å². The minimum atomic E-state index is 0.00249. The molecule has 1 aromatic rings. The smallest absolute Gasteiger partial charge is 0.137 e. The Morgan fingerprint density at radius 3 is 2.73 bits per heavy atom. The van der Waals surface area contributed by atoms with Crippen molar-refractivity contribution >= 4 is 5.82 Å². The largest absolute Gasteiger partial charge is 0.391 e. The Morgan fingerprint density at radius 2 is 2.07 bits per heavy atom. The highest BCUT2D eigenvalue weighted by molar-refractivity contribution is 5.45. The van der Waals surface area contributed by atoms with Crippen LogP contribution in [0.25, 0.3) is 0 Å². The van der Waals surface area contributed by atoms with Gasteiger partial charge in [-0.05, 0) is 7.05 Å². The summed E-state index contributed by atoms with van der Waals surface area (Å²) in [7, 11) is 2.12. The second kappa shape index (κ2) is 4.55. The van der Waals surface area contributed by atoms with Crippen LogP contribution in [0.1, 0.15) is 5.56 Å². The molecule has 1 saturated heterocycles. The van der Waals surface area contributed by atoms with E-state index in [0.717, 1.165) is 37.6 Å². The molecule has 0 aromatic carbocycles. The highest BCUT2D eigenvalue weighted by atomic mass is 16.3. The van der Waals surface area contributed by atoms with Gasteiger partial charge in [0, 0.05) is 37.9 Å². The maximum absolute atomic E-state index is 9.18. The van der Waals surface area contributed by atoms with Gasteiger partial charge in [0.1, 0.15) is 12.1 Å². The monoisotopic (exact) mass is 208 g/mol. The van der Waals surface area contributed by atoms with E-state index < -0.39 is 0 Å². The number of aromatic nitrogens is 2. The van der Waals surface area contributed by atoms with E-state index in [1.165, 1.54) is 6.33 Å².